The molecule has 0 heterocycles. The Hall–Kier alpha value is -1.30. The van der Waals surface area contributed by atoms with Gasteiger partial charge < -0.3 is 10.6 Å². The van der Waals surface area contributed by atoms with Crippen LogP contribution in [0.25, 0.3) is 0 Å². The molecule has 0 radical (unpaired) electrons. The van der Waals surface area contributed by atoms with Crippen LogP contribution in [0.4, 0.5) is 5.69 Å². The highest BCUT2D eigenvalue weighted by molar-refractivity contribution is 6.39. The summed E-state index contributed by atoms with van der Waals surface area (Å²) >= 11 is 11.9. The number of carbonyl (C=O) groups is 2. The van der Waals surface area contributed by atoms with Crippen LogP contribution in [-0.4, -0.2) is 30.9 Å². The fraction of sp³-hybridized carbons (Fsp3) is 0.385. The standard InChI is InChI=1S/C13H17Cl2N3O2/c1-8(2)17-11(19)6-16-7-12(20)18-13-9(14)4-3-5-10(13)15/h3-5,8,16H,6-7H2,1-2H3,(H,17,19)(H,18,20). The molecule has 2 amide bonds. The van der Waals surface area contributed by atoms with Crippen LogP contribution in [0.1, 0.15) is 13.8 Å². The highest BCUT2D eigenvalue weighted by Crippen LogP contribution is 2.29. The third kappa shape index (κ3) is 5.77. The number of rotatable bonds is 6. The zero-order valence-corrected chi connectivity index (χ0v) is 12.8. The Labute approximate surface area is 128 Å². The zero-order valence-electron chi connectivity index (χ0n) is 11.3. The number of hydrogen-bond donors (Lipinski definition) is 3. The van der Waals surface area contributed by atoms with Crippen LogP contribution in [0, 0.1) is 0 Å². The Bertz CT molecular complexity index is 472. The largest absolute Gasteiger partial charge is 0.353 e. The van der Waals surface area contributed by atoms with Crippen molar-refractivity contribution in [2.45, 2.75) is 19.9 Å². The quantitative estimate of drug-likeness (QED) is 0.752. The van der Waals surface area contributed by atoms with E-state index in [-0.39, 0.29) is 30.9 Å². The van der Waals surface area contributed by atoms with E-state index < -0.39 is 0 Å². The summed E-state index contributed by atoms with van der Waals surface area (Å²) in [4.78, 5) is 23.1. The summed E-state index contributed by atoms with van der Waals surface area (Å²) in [5.41, 5.74) is 0.370. The van der Waals surface area contributed by atoms with E-state index in [0.717, 1.165) is 0 Å². The van der Waals surface area contributed by atoms with Gasteiger partial charge in [0.2, 0.25) is 11.8 Å². The number of benzene rings is 1. The molecule has 0 aliphatic heterocycles. The van der Waals surface area contributed by atoms with Crippen molar-refractivity contribution in [3.8, 4) is 0 Å². The molecule has 110 valence electrons. The highest BCUT2D eigenvalue weighted by Gasteiger charge is 2.10. The average Bonchev–Trinajstić information content (AvgIpc) is 2.33. The van der Waals surface area contributed by atoms with E-state index in [1.54, 1.807) is 18.2 Å². The molecule has 5 nitrogen and oxygen atoms in total. The Kier molecular flexibility index (Phi) is 6.78. The van der Waals surface area contributed by atoms with Gasteiger partial charge in [-0.25, -0.2) is 0 Å². The minimum absolute atomic E-state index is 0.00688. The normalized spacial score (nSPS) is 10.4. The first kappa shape index (κ1) is 16.8. The lowest BCUT2D eigenvalue weighted by Crippen LogP contribution is -2.40. The molecule has 0 aliphatic rings. The first-order valence-electron chi connectivity index (χ1n) is 6.14. The molecule has 7 heteroatoms. The number of para-hydroxylation sites is 1. The number of hydrogen-bond acceptors (Lipinski definition) is 3. The van der Waals surface area contributed by atoms with E-state index in [1.165, 1.54) is 0 Å². The van der Waals surface area contributed by atoms with Gasteiger partial charge in [0, 0.05) is 6.04 Å². The molecule has 3 N–H and O–H groups in total. The lowest BCUT2D eigenvalue weighted by Gasteiger charge is -2.11. The van der Waals surface area contributed by atoms with Crippen molar-refractivity contribution >= 4 is 40.7 Å². The second kappa shape index (κ2) is 8.09. The minimum Gasteiger partial charge on any atom is -0.353 e. The third-order valence-corrected chi connectivity index (χ3v) is 2.88. The van der Waals surface area contributed by atoms with Crippen LogP contribution in [-0.2, 0) is 9.59 Å². The van der Waals surface area contributed by atoms with Gasteiger partial charge in [-0.3, -0.25) is 14.9 Å². The van der Waals surface area contributed by atoms with Crippen LogP contribution in [0.15, 0.2) is 18.2 Å². The van der Waals surface area contributed by atoms with E-state index in [0.29, 0.717) is 15.7 Å². The molecule has 20 heavy (non-hydrogen) atoms. The van der Waals surface area contributed by atoms with E-state index in [4.69, 9.17) is 23.2 Å². The maximum Gasteiger partial charge on any atom is 0.238 e. The van der Waals surface area contributed by atoms with Crippen molar-refractivity contribution in [3.63, 3.8) is 0 Å². The lowest BCUT2D eigenvalue weighted by molar-refractivity contribution is -0.120. The van der Waals surface area contributed by atoms with E-state index in [9.17, 15) is 9.59 Å². The van der Waals surface area contributed by atoms with Gasteiger partial charge in [0.05, 0.1) is 28.8 Å². The number of carbonyl (C=O) groups excluding carboxylic acids is 2. The van der Waals surface area contributed by atoms with Crippen molar-refractivity contribution in [2.24, 2.45) is 0 Å². The number of anilines is 1. The molecule has 0 aliphatic carbocycles. The molecule has 0 saturated carbocycles. The molecule has 0 spiro atoms. The molecule has 0 unspecified atom stereocenters. The SMILES string of the molecule is CC(C)NC(=O)CNCC(=O)Nc1c(Cl)cccc1Cl. The molecule has 1 aromatic carbocycles. The van der Waals surface area contributed by atoms with Gasteiger partial charge in [-0.15, -0.1) is 0 Å². The zero-order chi connectivity index (χ0) is 15.1. The van der Waals surface area contributed by atoms with Crippen molar-refractivity contribution in [1.82, 2.24) is 10.6 Å². The van der Waals surface area contributed by atoms with Gasteiger partial charge in [-0.05, 0) is 26.0 Å². The van der Waals surface area contributed by atoms with Gasteiger partial charge in [0.1, 0.15) is 0 Å². The van der Waals surface area contributed by atoms with Crippen LogP contribution in [0.5, 0.6) is 0 Å². The minimum atomic E-state index is -0.322. The van der Waals surface area contributed by atoms with E-state index in [2.05, 4.69) is 16.0 Å². The fourth-order valence-electron chi connectivity index (χ4n) is 1.46. The Balaban J connectivity index is 2.39. The first-order valence-corrected chi connectivity index (χ1v) is 6.89. The molecule has 0 saturated heterocycles. The second-order valence-electron chi connectivity index (χ2n) is 4.47. The smallest absolute Gasteiger partial charge is 0.238 e. The molecule has 1 rings (SSSR count). The number of amides is 2. The van der Waals surface area contributed by atoms with Crippen LogP contribution in [0.2, 0.25) is 10.0 Å². The van der Waals surface area contributed by atoms with Gasteiger partial charge >= 0.3 is 0 Å². The molecular weight excluding hydrogens is 301 g/mol. The maximum atomic E-state index is 11.7. The topological polar surface area (TPSA) is 70.2 Å². The Morgan fingerprint density at radius 1 is 1.10 bits per heavy atom. The van der Waals surface area contributed by atoms with Gasteiger partial charge in [0.25, 0.3) is 0 Å². The van der Waals surface area contributed by atoms with Gasteiger partial charge in [-0.2, -0.15) is 0 Å². The molecule has 0 bridgehead atoms. The summed E-state index contributed by atoms with van der Waals surface area (Å²) < 4.78 is 0. The second-order valence-corrected chi connectivity index (χ2v) is 5.29. The maximum absolute atomic E-state index is 11.7. The fourth-order valence-corrected chi connectivity index (χ4v) is 1.96. The lowest BCUT2D eigenvalue weighted by atomic mass is 10.3. The summed E-state index contributed by atoms with van der Waals surface area (Å²) in [6.45, 7) is 3.79. The van der Waals surface area contributed by atoms with Gasteiger partial charge in [-0.1, -0.05) is 29.3 Å². The number of nitrogens with one attached hydrogen (secondary N) is 3. The average molecular weight is 318 g/mol. The van der Waals surface area contributed by atoms with Crippen molar-refractivity contribution < 1.29 is 9.59 Å². The predicted octanol–water partition coefficient (Wildman–Crippen LogP) is 2.05. The molecule has 1 aromatic rings. The van der Waals surface area contributed by atoms with Crippen LogP contribution in [0.3, 0.4) is 0 Å². The first-order chi connectivity index (χ1) is 9.40. The summed E-state index contributed by atoms with van der Waals surface area (Å²) in [5, 5.41) is 8.77. The summed E-state index contributed by atoms with van der Waals surface area (Å²) in [5.74, 6) is -0.485. The Morgan fingerprint density at radius 3 is 2.20 bits per heavy atom. The van der Waals surface area contributed by atoms with Crippen LogP contribution >= 0.6 is 23.2 Å². The predicted molar refractivity (Wildman–Crippen MR) is 81.2 cm³/mol. The summed E-state index contributed by atoms with van der Waals surface area (Å²) in [6, 6.07) is 5.02. The van der Waals surface area contributed by atoms with E-state index >= 15 is 0 Å². The van der Waals surface area contributed by atoms with Crippen molar-refractivity contribution in [3.05, 3.63) is 28.2 Å². The molecule has 0 atom stereocenters. The molecule has 0 aromatic heterocycles. The molecule has 0 fully saturated rings. The highest BCUT2D eigenvalue weighted by atomic mass is 35.5. The van der Waals surface area contributed by atoms with Crippen LogP contribution < -0.4 is 16.0 Å². The molecular formula is C13H17Cl2N3O2. The van der Waals surface area contributed by atoms with Crippen molar-refractivity contribution in [2.75, 3.05) is 18.4 Å². The van der Waals surface area contributed by atoms with Gasteiger partial charge in [0.15, 0.2) is 0 Å². The number of halogens is 2. The summed E-state index contributed by atoms with van der Waals surface area (Å²) in [7, 11) is 0. The van der Waals surface area contributed by atoms with Crippen molar-refractivity contribution in [1.29, 1.82) is 0 Å². The monoisotopic (exact) mass is 317 g/mol. The third-order valence-electron chi connectivity index (χ3n) is 2.25. The Morgan fingerprint density at radius 2 is 1.65 bits per heavy atom. The van der Waals surface area contributed by atoms with E-state index in [1.807, 2.05) is 13.8 Å². The summed E-state index contributed by atoms with van der Waals surface area (Å²) in [6.07, 6.45) is 0.